The first-order chi connectivity index (χ1) is 7.49. The van der Waals surface area contributed by atoms with Crippen LogP contribution in [0.15, 0.2) is 17.3 Å². The van der Waals surface area contributed by atoms with Gasteiger partial charge in [0.1, 0.15) is 6.61 Å². The Morgan fingerprint density at radius 3 is 2.88 bits per heavy atom. The predicted octanol–water partition coefficient (Wildman–Crippen LogP) is 2.27. The van der Waals surface area contributed by atoms with Gasteiger partial charge in [0, 0.05) is 37.4 Å². The molecule has 1 heterocycles. The first-order valence-electron chi connectivity index (χ1n) is 4.49. The molecule has 0 atom stereocenters. The summed E-state index contributed by atoms with van der Waals surface area (Å²) in [5, 5.41) is 0.765. The normalized spacial score (nSPS) is 9.94. The van der Waals surface area contributed by atoms with E-state index in [1.54, 1.807) is 14.1 Å². The predicted molar refractivity (Wildman–Crippen MR) is 65.2 cm³/mol. The first-order valence-corrected chi connectivity index (χ1v) is 6.08. The number of amides is 1. The lowest BCUT2D eigenvalue weighted by Gasteiger charge is -2.06. The lowest BCUT2D eigenvalue weighted by molar-refractivity contribution is 0.241. The molecule has 0 fully saturated rings. The highest BCUT2D eigenvalue weighted by molar-refractivity contribution is 8.13. The molecule has 5 nitrogen and oxygen atoms in total. The molecule has 0 aliphatic heterocycles. The summed E-state index contributed by atoms with van der Waals surface area (Å²) in [6, 6.07) is 0. The minimum Gasteiger partial charge on any atom is -0.464 e. The van der Waals surface area contributed by atoms with Crippen molar-refractivity contribution in [2.45, 2.75) is 12.1 Å². The van der Waals surface area contributed by atoms with Gasteiger partial charge in [0.25, 0.3) is 10.4 Å². The molecule has 1 rings (SSSR count). The molecule has 0 saturated carbocycles. The fourth-order valence-corrected chi connectivity index (χ4v) is 1.87. The van der Waals surface area contributed by atoms with Gasteiger partial charge < -0.3 is 9.64 Å². The molecule has 0 aliphatic rings. The molecule has 0 aromatic carbocycles. The Morgan fingerprint density at radius 2 is 2.31 bits per heavy atom. The standard InChI is InChI=1S/C9H13N3O2S2/c1-6(2)5-14-8-10-7(11-16-8)15-9(13)12(3)4/h1,5H2,2-4H3. The second-order valence-electron chi connectivity index (χ2n) is 3.35. The molecule has 1 amide bonds. The van der Waals surface area contributed by atoms with Crippen LogP contribution in [0.1, 0.15) is 6.92 Å². The number of rotatable bonds is 4. The second kappa shape index (κ2) is 5.86. The molecule has 0 unspecified atom stereocenters. The van der Waals surface area contributed by atoms with E-state index in [0.29, 0.717) is 17.0 Å². The van der Waals surface area contributed by atoms with Crippen molar-refractivity contribution < 1.29 is 9.53 Å². The molecule has 1 aromatic heterocycles. The van der Waals surface area contributed by atoms with Crippen LogP contribution in [0, 0.1) is 0 Å². The number of aromatic nitrogens is 2. The zero-order chi connectivity index (χ0) is 12.1. The summed E-state index contributed by atoms with van der Waals surface area (Å²) >= 11 is 2.11. The topological polar surface area (TPSA) is 55.3 Å². The molecular weight excluding hydrogens is 246 g/mol. The van der Waals surface area contributed by atoms with E-state index in [-0.39, 0.29) is 5.24 Å². The van der Waals surface area contributed by atoms with Crippen LogP contribution >= 0.6 is 23.3 Å². The summed E-state index contributed by atoms with van der Waals surface area (Å²) in [6.07, 6.45) is 0. The van der Waals surface area contributed by atoms with Gasteiger partial charge in [-0.15, -0.1) is 0 Å². The zero-order valence-corrected chi connectivity index (χ0v) is 11.0. The number of carbonyl (C=O) groups excluding carboxylic acids is 1. The van der Waals surface area contributed by atoms with Crippen molar-refractivity contribution in [2.75, 3.05) is 20.7 Å². The van der Waals surface area contributed by atoms with Crippen LogP contribution in [-0.2, 0) is 0 Å². The van der Waals surface area contributed by atoms with E-state index in [4.69, 9.17) is 4.74 Å². The van der Waals surface area contributed by atoms with Crippen molar-refractivity contribution in [1.82, 2.24) is 14.3 Å². The van der Waals surface area contributed by atoms with Crippen LogP contribution in [0.2, 0.25) is 0 Å². The van der Waals surface area contributed by atoms with Gasteiger partial charge in [0.05, 0.1) is 0 Å². The summed E-state index contributed by atoms with van der Waals surface area (Å²) in [7, 11) is 3.36. The highest BCUT2D eigenvalue weighted by atomic mass is 32.2. The summed E-state index contributed by atoms with van der Waals surface area (Å²) in [6.45, 7) is 6.00. The van der Waals surface area contributed by atoms with Gasteiger partial charge in [-0.2, -0.15) is 9.36 Å². The monoisotopic (exact) mass is 259 g/mol. The highest BCUT2D eigenvalue weighted by Gasteiger charge is 2.12. The van der Waals surface area contributed by atoms with Crippen LogP contribution in [0.25, 0.3) is 0 Å². The highest BCUT2D eigenvalue weighted by Crippen LogP contribution is 2.23. The van der Waals surface area contributed by atoms with E-state index in [9.17, 15) is 4.79 Å². The van der Waals surface area contributed by atoms with Crippen molar-refractivity contribution in [3.63, 3.8) is 0 Å². The Bertz CT molecular complexity index is 390. The molecule has 1 aromatic rings. The van der Waals surface area contributed by atoms with Crippen molar-refractivity contribution in [2.24, 2.45) is 0 Å². The van der Waals surface area contributed by atoms with E-state index in [2.05, 4.69) is 15.9 Å². The quantitative estimate of drug-likeness (QED) is 0.613. The van der Waals surface area contributed by atoms with E-state index >= 15 is 0 Å². The third-order valence-corrected chi connectivity index (χ3v) is 3.02. The van der Waals surface area contributed by atoms with Gasteiger partial charge in [0.15, 0.2) is 0 Å². The SMILES string of the molecule is C=C(C)COc1nc(SC(=O)N(C)C)ns1. The maximum absolute atomic E-state index is 11.3. The number of thioether (sulfide) groups is 1. The maximum Gasteiger partial charge on any atom is 0.294 e. The average molecular weight is 259 g/mol. The number of hydrogen-bond acceptors (Lipinski definition) is 6. The fourth-order valence-electron chi connectivity index (χ4n) is 0.651. The lowest BCUT2D eigenvalue weighted by atomic mass is 10.4. The lowest BCUT2D eigenvalue weighted by Crippen LogP contribution is -2.16. The zero-order valence-electron chi connectivity index (χ0n) is 9.39. The molecule has 0 spiro atoms. The summed E-state index contributed by atoms with van der Waals surface area (Å²) in [5.41, 5.74) is 0.911. The van der Waals surface area contributed by atoms with E-state index in [1.165, 1.54) is 4.90 Å². The van der Waals surface area contributed by atoms with Crippen LogP contribution in [0.4, 0.5) is 4.79 Å². The van der Waals surface area contributed by atoms with Crippen molar-refractivity contribution >= 4 is 28.5 Å². The van der Waals surface area contributed by atoms with Crippen molar-refractivity contribution in [1.29, 1.82) is 0 Å². The third kappa shape index (κ3) is 4.19. The number of nitrogens with zero attached hydrogens (tertiary/aromatic N) is 3. The average Bonchev–Trinajstić information content (AvgIpc) is 2.62. The van der Waals surface area contributed by atoms with Crippen molar-refractivity contribution in [3.8, 4) is 5.19 Å². The van der Waals surface area contributed by atoms with Gasteiger partial charge in [-0.3, -0.25) is 4.79 Å². The molecular formula is C9H13N3O2S2. The van der Waals surface area contributed by atoms with Crippen LogP contribution in [0.3, 0.4) is 0 Å². The minimum atomic E-state index is -0.107. The number of carbonyl (C=O) groups is 1. The van der Waals surface area contributed by atoms with Crippen LogP contribution < -0.4 is 4.74 Å². The smallest absolute Gasteiger partial charge is 0.294 e. The Kier molecular flexibility index (Phi) is 4.75. The Labute approximate surface area is 103 Å². The van der Waals surface area contributed by atoms with Gasteiger partial charge in [-0.25, -0.2) is 0 Å². The van der Waals surface area contributed by atoms with Gasteiger partial charge in [-0.05, 0) is 12.5 Å². The van der Waals surface area contributed by atoms with Gasteiger partial charge in [0.2, 0.25) is 5.16 Å². The molecule has 0 radical (unpaired) electrons. The summed E-state index contributed by atoms with van der Waals surface area (Å²) in [5.74, 6) is 0. The maximum atomic E-state index is 11.3. The van der Waals surface area contributed by atoms with Crippen LogP contribution in [0.5, 0.6) is 5.19 Å². The Hall–Kier alpha value is -1.08. The molecule has 0 N–H and O–H groups in total. The van der Waals surface area contributed by atoms with E-state index < -0.39 is 0 Å². The number of hydrogen-bond donors (Lipinski definition) is 0. The van der Waals surface area contributed by atoms with E-state index in [1.807, 2.05) is 6.92 Å². The van der Waals surface area contributed by atoms with E-state index in [0.717, 1.165) is 28.9 Å². The molecule has 0 bridgehead atoms. The number of ether oxygens (including phenoxy) is 1. The van der Waals surface area contributed by atoms with Crippen LogP contribution in [-0.4, -0.2) is 40.2 Å². The van der Waals surface area contributed by atoms with Gasteiger partial charge in [-0.1, -0.05) is 6.58 Å². The third-order valence-electron chi connectivity index (χ3n) is 1.37. The second-order valence-corrected chi connectivity index (χ2v) is 4.98. The Balaban J connectivity index is 2.51. The summed E-state index contributed by atoms with van der Waals surface area (Å²) < 4.78 is 9.31. The summed E-state index contributed by atoms with van der Waals surface area (Å²) in [4.78, 5) is 16.9. The molecule has 7 heteroatoms. The molecule has 0 aliphatic carbocycles. The molecule has 0 saturated heterocycles. The largest absolute Gasteiger partial charge is 0.464 e. The first kappa shape index (κ1) is 13.0. The minimum absolute atomic E-state index is 0.107. The fraction of sp³-hybridized carbons (Fsp3) is 0.444. The van der Waals surface area contributed by atoms with Crippen molar-refractivity contribution in [3.05, 3.63) is 12.2 Å². The Morgan fingerprint density at radius 1 is 1.62 bits per heavy atom. The molecule has 16 heavy (non-hydrogen) atoms. The molecule has 88 valence electrons. The van der Waals surface area contributed by atoms with Gasteiger partial charge >= 0.3 is 0 Å².